The average molecular weight is 766 g/mol. The fourth-order valence-electron chi connectivity index (χ4n) is 8.70. The number of nitrogens with zero attached hydrogens (tertiary/aromatic N) is 1. The first-order valence-electron chi connectivity index (χ1n) is 20.5. The highest BCUT2D eigenvalue weighted by molar-refractivity contribution is 6.12. The summed E-state index contributed by atoms with van der Waals surface area (Å²) in [6, 6.07) is 84.9. The van der Waals surface area contributed by atoms with Crippen LogP contribution in [0.1, 0.15) is 0 Å². The zero-order valence-corrected chi connectivity index (χ0v) is 32.9. The first-order chi connectivity index (χ1) is 29.7. The molecule has 0 amide bonds. The molecule has 0 aliphatic heterocycles. The maximum atomic E-state index is 6.30. The first-order valence-corrected chi connectivity index (χ1v) is 20.5. The van der Waals surface area contributed by atoms with Crippen LogP contribution in [-0.2, 0) is 0 Å². The van der Waals surface area contributed by atoms with Crippen LogP contribution in [0.25, 0.3) is 88.3 Å². The van der Waals surface area contributed by atoms with Crippen molar-refractivity contribution in [3.05, 3.63) is 237 Å². The van der Waals surface area contributed by atoms with Gasteiger partial charge < -0.3 is 9.32 Å². The highest BCUT2D eigenvalue weighted by atomic mass is 16.3. The maximum absolute atomic E-state index is 6.30. The van der Waals surface area contributed by atoms with Gasteiger partial charge in [-0.05, 0) is 127 Å². The van der Waals surface area contributed by atoms with Crippen LogP contribution < -0.4 is 4.90 Å². The Morgan fingerprint density at radius 3 is 1.55 bits per heavy atom. The van der Waals surface area contributed by atoms with Gasteiger partial charge in [-0.1, -0.05) is 176 Å². The Morgan fingerprint density at radius 2 is 0.817 bits per heavy atom. The van der Waals surface area contributed by atoms with E-state index in [0.717, 1.165) is 55.7 Å². The Hall–Kier alpha value is -7.94. The molecule has 282 valence electrons. The molecule has 0 radical (unpaired) electrons. The van der Waals surface area contributed by atoms with Crippen molar-refractivity contribution in [2.45, 2.75) is 0 Å². The molecule has 1 aromatic heterocycles. The normalized spacial score (nSPS) is 11.3. The Bertz CT molecular complexity index is 3290. The Kier molecular flexibility index (Phi) is 8.87. The van der Waals surface area contributed by atoms with Crippen LogP contribution in [0.4, 0.5) is 17.1 Å². The van der Waals surface area contributed by atoms with Crippen molar-refractivity contribution >= 4 is 49.8 Å². The molecule has 2 nitrogen and oxygen atoms in total. The van der Waals surface area contributed by atoms with Gasteiger partial charge in [0.2, 0.25) is 0 Å². The molecule has 11 aromatic rings. The third kappa shape index (κ3) is 6.51. The number of furan rings is 1. The molecular weight excluding hydrogens is 727 g/mol. The van der Waals surface area contributed by atoms with Gasteiger partial charge in [0.25, 0.3) is 0 Å². The van der Waals surface area contributed by atoms with Gasteiger partial charge in [0.05, 0.1) is 0 Å². The van der Waals surface area contributed by atoms with Crippen LogP contribution in [0, 0.1) is 0 Å². The summed E-state index contributed by atoms with van der Waals surface area (Å²) >= 11 is 0. The van der Waals surface area contributed by atoms with Crippen molar-refractivity contribution in [1.29, 1.82) is 0 Å². The number of fused-ring (bicyclic) bond motifs is 4. The van der Waals surface area contributed by atoms with Crippen molar-refractivity contribution in [1.82, 2.24) is 0 Å². The fraction of sp³-hybridized carbons (Fsp3) is 0. The first kappa shape index (κ1) is 35.2. The number of hydrogen-bond donors (Lipinski definition) is 0. The minimum Gasteiger partial charge on any atom is -0.456 e. The van der Waals surface area contributed by atoms with Gasteiger partial charge in [0.1, 0.15) is 11.2 Å². The Morgan fingerprint density at radius 1 is 0.267 bits per heavy atom. The van der Waals surface area contributed by atoms with Crippen LogP contribution in [0.5, 0.6) is 0 Å². The van der Waals surface area contributed by atoms with Crippen LogP contribution in [0.2, 0.25) is 0 Å². The van der Waals surface area contributed by atoms with E-state index in [0.29, 0.717) is 0 Å². The number of benzene rings is 10. The molecule has 10 aromatic carbocycles. The highest BCUT2D eigenvalue weighted by Gasteiger charge is 2.18. The number of rotatable bonds is 8. The lowest BCUT2D eigenvalue weighted by molar-refractivity contribution is 0.669. The van der Waals surface area contributed by atoms with E-state index in [2.05, 4.69) is 229 Å². The molecule has 11 rings (SSSR count). The molecule has 2 heteroatoms. The second kappa shape index (κ2) is 15.1. The molecule has 0 aliphatic carbocycles. The monoisotopic (exact) mass is 765 g/mol. The van der Waals surface area contributed by atoms with Crippen LogP contribution in [-0.4, -0.2) is 0 Å². The molecule has 0 saturated carbocycles. The second-order valence-corrected chi connectivity index (χ2v) is 15.3. The SMILES string of the molecule is c1ccc(-c2ccc(-c3ccc(N(c4ccc(-c5ccc6ccccc6c5)cc4)c4cccc(-c5cccc6oc7ccccc7c56)c4)cc3)cc2-c2ccccc2)cc1. The lowest BCUT2D eigenvalue weighted by Crippen LogP contribution is -2.10. The smallest absolute Gasteiger partial charge is 0.136 e. The van der Waals surface area contributed by atoms with Crippen LogP contribution in [0.15, 0.2) is 241 Å². The zero-order chi connectivity index (χ0) is 39.8. The average Bonchev–Trinajstić information content (AvgIpc) is 3.72. The van der Waals surface area contributed by atoms with Crippen molar-refractivity contribution in [3.63, 3.8) is 0 Å². The van der Waals surface area contributed by atoms with E-state index in [1.165, 1.54) is 49.7 Å². The molecular formula is C58H39NO. The summed E-state index contributed by atoms with van der Waals surface area (Å²) in [6.07, 6.45) is 0. The fourth-order valence-corrected chi connectivity index (χ4v) is 8.70. The predicted molar refractivity (Wildman–Crippen MR) is 253 cm³/mol. The third-order valence-corrected chi connectivity index (χ3v) is 11.7. The summed E-state index contributed by atoms with van der Waals surface area (Å²) in [7, 11) is 0. The van der Waals surface area contributed by atoms with Crippen molar-refractivity contribution in [3.8, 4) is 55.6 Å². The second-order valence-electron chi connectivity index (χ2n) is 15.3. The lowest BCUT2D eigenvalue weighted by Gasteiger charge is -2.26. The summed E-state index contributed by atoms with van der Waals surface area (Å²) < 4.78 is 6.30. The van der Waals surface area contributed by atoms with E-state index >= 15 is 0 Å². The largest absolute Gasteiger partial charge is 0.456 e. The van der Waals surface area contributed by atoms with E-state index in [9.17, 15) is 0 Å². The third-order valence-electron chi connectivity index (χ3n) is 11.7. The molecule has 0 unspecified atom stereocenters. The van der Waals surface area contributed by atoms with E-state index < -0.39 is 0 Å². The van der Waals surface area contributed by atoms with Gasteiger partial charge in [-0.3, -0.25) is 0 Å². The minimum atomic E-state index is 0.892. The number of anilines is 3. The van der Waals surface area contributed by atoms with Crippen molar-refractivity contribution in [2.75, 3.05) is 4.90 Å². The number of para-hydroxylation sites is 1. The van der Waals surface area contributed by atoms with Gasteiger partial charge in [-0.25, -0.2) is 0 Å². The van der Waals surface area contributed by atoms with Gasteiger partial charge in [0, 0.05) is 27.8 Å². The zero-order valence-electron chi connectivity index (χ0n) is 32.9. The van der Waals surface area contributed by atoms with E-state index in [1.54, 1.807) is 0 Å². The quantitative estimate of drug-likeness (QED) is 0.153. The van der Waals surface area contributed by atoms with E-state index in [1.807, 2.05) is 12.1 Å². The Labute approximate surface area is 349 Å². The molecule has 0 saturated heterocycles. The molecule has 0 fully saturated rings. The Balaban J connectivity index is 1.01. The van der Waals surface area contributed by atoms with Crippen molar-refractivity contribution < 1.29 is 4.42 Å². The van der Waals surface area contributed by atoms with E-state index in [-0.39, 0.29) is 0 Å². The molecule has 0 atom stereocenters. The van der Waals surface area contributed by atoms with Gasteiger partial charge >= 0.3 is 0 Å². The molecule has 1 heterocycles. The number of hydrogen-bond acceptors (Lipinski definition) is 2. The van der Waals surface area contributed by atoms with Gasteiger partial charge in [-0.2, -0.15) is 0 Å². The topological polar surface area (TPSA) is 16.4 Å². The summed E-state index contributed by atoms with van der Waals surface area (Å²) in [5.41, 5.74) is 16.9. The maximum Gasteiger partial charge on any atom is 0.136 e. The van der Waals surface area contributed by atoms with E-state index in [4.69, 9.17) is 4.42 Å². The molecule has 0 bridgehead atoms. The lowest BCUT2D eigenvalue weighted by atomic mass is 9.91. The summed E-state index contributed by atoms with van der Waals surface area (Å²) in [4.78, 5) is 2.36. The summed E-state index contributed by atoms with van der Waals surface area (Å²) in [6.45, 7) is 0. The van der Waals surface area contributed by atoms with Crippen molar-refractivity contribution in [2.24, 2.45) is 0 Å². The van der Waals surface area contributed by atoms with Crippen LogP contribution >= 0.6 is 0 Å². The summed E-state index contributed by atoms with van der Waals surface area (Å²) in [5.74, 6) is 0. The molecule has 0 aliphatic rings. The standard InChI is InChI=1S/C58H39NO/c1-3-14-43(15-4-1)52-36-31-47(39-55(52)44-16-5-2-6-17-44)42-29-34-50(35-30-42)59(49-32-27-41(28-33-49)46-26-25-40-13-7-8-18-45(40)37-46)51-20-11-19-48(38-51)53-22-12-24-57-58(53)54-21-9-10-23-56(54)60-57/h1-39H. The van der Waals surface area contributed by atoms with Crippen LogP contribution in [0.3, 0.4) is 0 Å². The van der Waals surface area contributed by atoms with Gasteiger partial charge in [0.15, 0.2) is 0 Å². The summed E-state index contributed by atoms with van der Waals surface area (Å²) in [5, 5.41) is 4.74. The molecule has 0 N–H and O–H groups in total. The predicted octanol–water partition coefficient (Wildman–Crippen LogP) is 16.5. The van der Waals surface area contributed by atoms with Gasteiger partial charge in [-0.15, -0.1) is 0 Å². The minimum absolute atomic E-state index is 0.892. The highest BCUT2D eigenvalue weighted by Crippen LogP contribution is 2.42. The molecule has 60 heavy (non-hydrogen) atoms. The molecule has 0 spiro atoms.